The van der Waals surface area contributed by atoms with E-state index in [1.807, 2.05) is 6.92 Å². The summed E-state index contributed by atoms with van der Waals surface area (Å²) >= 11 is 0. The Balaban J connectivity index is 2.98. The molecule has 0 aromatic heterocycles. The second-order valence-electron chi connectivity index (χ2n) is 6.41. The molecule has 1 atom stereocenters. The zero-order chi connectivity index (χ0) is 14.8. The summed E-state index contributed by atoms with van der Waals surface area (Å²) in [6, 6.07) is 0.00231. The van der Waals surface area contributed by atoms with Crippen LogP contribution in [0.3, 0.4) is 0 Å². The maximum absolute atomic E-state index is 12.3. The van der Waals surface area contributed by atoms with Crippen LogP contribution >= 0.6 is 0 Å². The number of carboxylic acids is 1. The Morgan fingerprint density at radius 2 is 1.79 bits per heavy atom. The highest BCUT2D eigenvalue weighted by atomic mass is 16.6. The molecule has 110 valence electrons. The number of hydrogen-bond acceptors (Lipinski definition) is 3. The summed E-state index contributed by atoms with van der Waals surface area (Å²) < 4.78 is 5.37. The van der Waals surface area contributed by atoms with E-state index in [0.29, 0.717) is 12.8 Å². The van der Waals surface area contributed by atoms with Gasteiger partial charge in [-0.15, -0.1) is 0 Å². The summed E-state index contributed by atoms with van der Waals surface area (Å²) in [5.41, 5.74) is -1.80. The van der Waals surface area contributed by atoms with Gasteiger partial charge in [0, 0.05) is 6.04 Å². The molecule has 19 heavy (non-hydrogen) atoms. The van der Waals surface area contributed by atoms with Gasteiger partial charge in [-0.2, -0.15) is 0 Å². The zero-order valence-electron chi connectivity index (χ0n) is 12.5. The van der Waals surface area contributed by atoms with Crippen LogP contribution in [0.2, 0.25) is 0 Å². The van der Waals surface area contributed by atoms with Gasteiger partial charge in [0.25, 0.3) is 0 Å². The van der Waals surface area contributed by atoms with E-state index >= 15 is 0 Å². The van der Waals surface area contributed by atoms with Crippen LogP contribution in [-0.2, 0) is 9.53 Å². The second kappa shape index (κ2) is 5.39. The molecule has 1 aliphatic rings. The first-order chi connectivity index (χ1) is 8.62. The molecule has 1 saturated carbocycles. The second-order valence-corrected chi connectivity index (χ2v) is 6.41. The van der Waals surface area contributed by atoms with Crippen molar-refractivity contribution >= 4 is 12.1 Å². The molecule has 1 amide bonds. The van der Waals surface area contributed by atoms with E-state index < -0.39 is 23.2 Å². The topological polar surface area (TPSA) is 66.8 Å². The first kappa shape index (κ1) is 15.8. The zero-order valence-corrected chi connectivity index (χ0v) is 12.5. The Hall–Kier alpha value is -1.26. The van der Waals surface area contributed by atoms with E-state index in [4.69, 9.17) is 4.74 Å². The van der Waals surface area contributed by atoms with Crippen molar-refractivity contribution in [1.29, 1.82) is 0 Å². The van der Waals surface area contributed by atoms with Gasteiger partial charge in [0.1, 0.15) is 11.1 Å². The number of carbonyl (C=O) groups is 2. The molecule has 0 aromatic rings. The van der Waals surface area contributed by atoms with Crippen LogP contribution in [0.4, 0.5) is 4.79 Å². The number of amides is 1. The molecule has 0 aliphatic heterocycles. The minimum absolute atomic E-state index is 0.00231. The van der Waals surface area contributed by atoms with Gasteiger partial charge in [0.2, 0.25) is 0 Å². The van der Waals surface area contributed by atoms with Gasteiger partial charge >= 0.3 is 12.1 Å². The van der Waals surface area contributed by atoms with Crippen molar-refractivity contribution in [2.75, 3.05) is 0 Å². The van der Waals surface area contributed by atoms with Crippen LogP contribution in [0.5, 0.6) is 0 Å². The lowest BCUT2D eigenvalue weighted by Gasteiger charge is -2.38. The fourth-order valence-electron chi connectivity index (χ4n) is 2.21. The lowest BCUT2D eigenvalue weighted by Crippen LogP contribution is -2.57. The standard InChI is InChI=1S/C14H25NO4/c1-6-9-14(5,11(16)17)15(10-7-8-10)12(18)19-13(2,3)4/h10H,6-9H2,1-5H3,(H,16,17). The minimum atomic E-state index is -1.18. The van der Waals surface area contributed by atoms with Gasteiger partial charge in [-0.05, 0) is 47.0 Å². The Morgan fingerprint density at radius 1 is 1.26 bits per heavy atom. The first-order valence-corrected chi connectivity index (χ1v) is 6.87. The van der Waals surface area contributed by atoms with Crippen molar-refractivity contribution in [2.45, 2.75) is 77.5 Å². The molecule has 0 heterocycles. The van der Waals surface area contributed by atoms with Gasteiger partial charge in [-0.1, -0.05) is 13.3 Å². The number of ether oxygens (including phenoxy) is 1. The van der Waals surface area contributed by atoms with Crippen LogP contribution < -0.4 is 0 Å². The predicted octanol–water partition coefficient (Wildman–Crippen LogP) is 3.03. The number of nitrogens with zero attached hydrogens (tertiary/aromatic N) is 1. The van der Waals surface area contributed by atoms with Crippen molar-refractivity contribution in [1.82, 2.24) is 4.90 Å². The molecule has 0 bridgehead atoms. The van der Waals surface area contributed by atoms with E-state index in [2.05, 4.69) is 0 Å². The molecule has 1 aliphatic carbocycles. The Kier molecular flexibility index (Phi) is 4.48. The summed E-state index contributed by atoms with van der Waals surface area (Å²) in [6.45, 7) is 8.89. The van der Waals surface area contributed by atoms with Crippen molar-refractivity contribution in [3.8, 4) is 0 Å². The lowest BCUT2D eigenvalue weighted by atomic mass is 9.94. The number of carbonyl (C=O) groups excluding carboxylic acids is 1. The lowest BCUT2D eigenvalue weighted by molar-refractivity contribution is -0.151. The van der Waals surface area contributed by atoms with Gasteiger partial charge in [0.05, 0.1) is 0 Å². The summed E-state index contributed by atoms with van der Waals surface area (Å²) in [7, 11) is 0. The third-order valence-electron chi connectivity index (χ3n) is 3.23. The summed E-state index contributed by atoms with van der Waals surface area (Å²) in [6.07, 6.45) is 2.32. The van der Waals surface area contributed by atoms with E-state index in [9.17, 15) is 14.7 Å². The van der Waals surface area contributed by atoms with E-state index in [1.54, 1.807) is 27.7 Å². The first-order valence-electron chi connectivity index (χ1n) is 6.87. The van der Waals surface area contributed by atoms with E-state index in [0.717, 1.165) is 12.8 Å². The molecule has 0 radical (unpaired) electrons. The smallest absolute Gasteiger partial charge is 0.411 e. The highest BCUT2D eigenvalue weighted by Crippen LogP contribution is 2.36. The fraction of sp³-hybridized carbons (Fsp3) is 0.857. The van der Waals surface area contributed by atoms with E-state index in [-0.39, 0.29) is 6.04 Å². The van der Waals surface area contributed by atoms with Crippen LogP contribution in [-0.4, -0.2) is 39.3 Å². The molecule has 1 N–H and O–H groups in total. The molecule has 1 rings (SSSR count). The monoisotopic (exact) mass is 271 g/mol. The molecule has 5 nitrogen and oxygen atoms in total. The van der Waals surface area contributed by atoms with E-state index in [1.165, 1.54) is 4.90 Å². The SMILES string of the molecule is CCCC(C)(C(=O)O)N(C(=O)OC(C)(C)C)C1CC1. The number of hydrogen-bond donors (Lipinski definition) is 1. The van der Waals surface area contributed by atoms with Gasteiger partial charge in [-0.3, -0.25) is 4.90 Å². The van der Waals surface area contributed by atoms with Gasteiger partial charge in [-0.25, -0.2) is 9.59 Å². The number of aliphatic carboxylic acids is 1. The van der Waals surface area contributed by atoms with Crippen LogP contribution in [0.25, 0.3) is 0 Å². The number of rotatable bonds is 5. The molecule has 0 spiro atoms. The number of carboxylic acid groups (broad SMARTS) is 1. The van der Waals surface area contributed by atoms with Gasteiger partial charge in [0.15, 0.2) is 0 Å². The van der Waals surface area contributed by atoms with Crippen LogP contribution in [0.15, 0.2) is 0 Å². The van der Waals surface area contributed by atoms with Crippen molar-refractivity contribution < 1.29 is 19.4 Å². The molecule has 1 unspecified atom stereocenters. The largest absolute Gasteiger partial charge is 0.480 e. The fourth-order valence-corrected chi connectivity index (χ4v) is 2.21. The molecular formula is C14H25NO4. The van der Waals surface area contributed by atoms with Crippen LogP contribution in [0, 0.1) is 0 Å². The molecule has 0 aromatic carbocycles. The quantitative estimate of drug-likeness (QED) is 0.834. The maximum Gasteiger partial charge on any atom is 0.411 e. The van der Waals surface area contributed by atoms with Crippen molar-refractivity contribution in [2.24, 2.45) is 0 Å². The molecule has 5 heteroatoms. The third kappa shape index (κ3) is 3.85. The molecule has 0 saturated heterocycles. The summed E-state index contributed by atoms with van der Waals surface area (Å²) in [5, 5.41) is 9.51. The highest BCUT2D eigenvalue weighted by Gasteiger charge is 2.50. The minimum Gasteiger partial charge on any atom is -0.480 e. The summed E-state index contributed by atoms with van der Waals surface area (Å²) in [5.74, 6) is -0.966. The average Bonchev–Trinajstić information content (AvgIpc) is 2.99. The normalized spacial score (nSPS) is 18.6. The summed E-state index contributed by atoms with van der Waals surface area (Å²) in [4.78, 5) is 25.3. The maximum atomic E-state index is 12.3. The molecular weight excluding hydrogens is 246 g/mol. The highest BCUT2D eigenvalue weighted by molar-refractivity contribution is 5.84. The Labute approximate surface area is 114 Å². The van der Waals surface area contributed by atoms with Crippen molar-refractivity contribution in [3.63, 3.8) is 0 Å². The van der Waals surface area contributed by atoms with Crippen molar-refractivity contribution in [3.05, 3.63) is 0 Å². The Bertz CT molecular complexity index is 357. The predicted molar refractivity (Wildman–Crippen MR) is 72.0 cm³/mol. The van der Waals surface area contributed by atoms with Gasteiger partial charge < -0.3 is 9.84 Å². The molecule has 1 fully saturated rings. The van der Waals surface area contributed by atoms with Crippen LogP contribution in [0.1, 0.15) is 60.3 Å². The average molecular weight is 271 g/mol. The third-order valence-corrected chi connectivity index (χ3v) is 3.23. The Morgan fingerprint density at radius 3 is 2.11 bits per heavy atom.